The molecule has 0 aliphatic carbocycles. The van der Waals surface area contributed by atoms with Crippen LogP contribution >= 0.6 is 0 Å². The van der Waals surface area contributed by atoms with Gasteiger partial charge in [-0.1, -0.05) is 72.8 Å². The lowest BCUT2D eigenvalue weighted by atomic mass is 9.90. The van der Waals surface area contributed by atoms with E-state index in [9.17, 15) is 19.2 Å². The molecule has 12 heteroatoms. The van der Waals surface area contributed by atoms with E-state index in [4.69, 9.17) is 9.47 Å². The minimum Gasteiger partial charge on any atom is -0.385 e. The Morgan fingerprint density at radius 3 is 1.18 bits per heavy atom. The predicted molar refractivity (Wildman–Crippen MR) is 173 cm³/mol. The average molecular weight is 603 g/mol. The molecule has 12 nitrogen and oxygen atoms in total. The van der Waals surface area contributed by atoms with E-state index in [2.05, 4.69) is 100 Å². The molecule has 0 aliphatic rings. The Labute approximate surface area is 254 Å². The van der Waals surface area contributed by atoms with Crippen LogP contribution in [0.25, 0.3) is 43.1 Å². The maximum absolute atomic E-state index is 11.2. The van der Waals surface area contributed by atoms with E-state index in [1.807, 2.05) is 0 Å². The Morgan fingerprint density at radius 2 is 0.909 bits per heavy atom. The minimum atomic E-state index is -0.938. The van der Waals surface area contributed by atoms with Gasteiger partial charge in [0.15, 0.2) is 0 Å². The fourth-order valence-electron chi connectivity index (χ4n) is 4.73. The molecule has 0 saturated heterocycles. The molecule has 5 rings (SSSR count). The number of ether oxygens (including phenoxy) is 2. The van der Waals surface area contributed by atoms with Crippen LogP contribution < -0.4 is 32.7 Å². The van der Waals surface area contributed by atoms with Crippen molar-refractivity contribution < 1.29 is 28.7 Å². The van der Waals surface area contributed by atoms with Crippen molar-refractivity contribution in [3.8, 4) is 0 Å². The van der Waals surface area contributed by atoms with E-state index in [0.29, 0.717) is 39.1 Å². The fraction of sp³-hybridized carbons (Fsp3) is 0.250. The molecule has 0 radical (unpaired) electrons. The number of fused-ring (bicyclic) bond motifs is 2. The number of carbonyl (C=O) groups is 4. The van der Waals surface area contributed by atoms with Gasteiger partial charge in [-0.3, -0.25) is 10.6 Å². The van der Waals surface area contributed by atoms with Gasteiger partial charge in [-0.2, -0.15) is 0 Å². The van der Waals surface area contributed by atoms with Crippen molar-refractivity contribution in [1.82, 2.24) is 21.3 Å². The number of carbonyl (C=O) groups excluding carboxylic acids is 4. The summed E-state index contributed by atoms with van der Waals surface area (Å²) < 4.78 is 9.64. The number of imide groups is 2. The van der Waals surface area contributed by atoms with Crippen LogP contribution in [0.15, 0.2) is 72.8 Å². The Hall–Kier alpha value is -5.20. The maximum atomic E-state index is 11.2. The second-order valence-electron chi connectivity index (χ2n) is 9.60. The molecule has 5 aromatic carbocycles. The first-order valence-corrected chi connectivity index (χ1v) is 14.0. The first kappa shape index (κ1) is 33.3. The van der Waals surface area contributed by atoms with Crippen molar-refractivity contribution in [2.24, 2.45) is 11.5 Å². The second-order valence-corrected chi connectivity index (χ2v) is 9.60. The Bertz CT molecular complexity index is 1510. The lowest BCUT2D eigenvalue weighted by Crippen LogP contribution is -2.45. The van der Waals surface area contributed by atoms with Gasteiger partial charge in [0, 0.05) is 40.5 Å². The summed E-state index contributed by atoms with van der Waals surface area (Å²) in [6.07, 6.45) is 1.42. The van der Waals surface area contributed by atoms with E-state index in [1.165, 1.54) is 43.1 Å². The van der Waals surface area contributed by atoms with E-state index < -0.39 is 24.1 Å². The van der Waals surface area contributed by atoms with E-state index in [0.717, 1.165) is 0 Å². The molecule has 0 bridgehead atoms. The maximum Gasteiger partial charge on any atom is 0.322 e. The van der Waals surface area contributed by atoms with Crippen LogP contribution in [0.4, 0.5) is 19.2 Å². The number of nitrogens with two attached hydrogens (primary N) is 2. The van der Waals surface area contributed by atoms with Crippen LogP contribution in [0, 0.1) is 0 Å². The first-order chi connectivity index (χ1) is 21.3. The highest BCUT2D eigenvalue weighted by Gasteiger charge is 2.11. The zero-order valence-corrected chi connectivity index (χ0v) is 24.8. The van der Waals surface area contributed by atoms with Gasteiger partial charge in [0.05, 0.1) is 0 Å². The number of methoxy groups -OCH3 is 2. The third-order valence-electron chi connectivity index (χ3n) is 6.48. The predicted octanol–water partition coefficient (Wildman–Crippen LogP) is 4.54. The molecule has 232 valence electrons. The lowest BCUT2D eigenvalue weighted by Gasteiger charge is -2.13. The van der Waals surface area contributed by atoms with Crippen molar-refractivity contribution >= 4 is 67.2 Å². The van der Waals surface area contributed by atoms with Gasteiger partial charge < -0.3 is 31.6 Å². The van der Waals surface area contributed by atoms with Crippen LogP contribution in [0.3, 0.4) is 0 Å². The largest absolute Gasteiger partial charge is 0.385 e. The molecule has 0 unspecified atom stereocenters. The molecular formula is C32H38N6O6. The quantitative estimate of drug-likeness (QED) is 0.0859. The number of nitrogens with one attached hydrogen (secondary N) is 4. The summed E-state index contributed by atoms with van der Waals surface area (Å²) in [5.41, 5.74) is 8.88. The Morgan fingerprint density at radius 1 is 0.568 bits per heavy atom. The van der Waals surface area contributed by atoms with E-state index in [-0.39, 0.29) is 0 Å². The summed E-state index contributed by atoms with van der Waals surface area (Å²) in [5, 5.41) is 19.7. The lowest BCUT2D eigenvalue weighted by molar-refractivity contribution is 0.192. The minimum absolute atomic E-state index is 0.469. The summed E-state index contributed by atoms with van der Waals surface area (Å²) >= 11 is 0. The number of urea groups is 4. The van der Waals surface area contributed by atoms with Crippen LogP contribution in [0.2, 0.25) is 0 Å². The molecule has 0 heterocycles. The number of hydrogen-bond acceptors (Lipinski definition) is 6. The fourth-order valence-corrected chi connectivity index (χ4v) is 4.73. The number of rotatable bonds is 8. The Balaban J connectivity index is 0.000000202. The Kier molecular flexibility index (Phi) is 12.9. The highest BCUT2D eigenvalue weighted by atomic mass is 16.5. The van der Waals surface area contributed by atoms with Crippen molar-refractivity contribution in [3.63, 3.8) is 0 Å². The molecule has 8 amide bonds. The van der Waals surface area contributed by atoms with Crippen LogP contribution in [-0.4, -0.2) is 64.6 Å². The van der Waals surface area contributed by atoms with Gasteiger partial charge in [0.2, 0.25) is 0 Å². The zero-order valence-electron chi connectivity index (χ0n) is 24.8. The molecule has 0 aromatic heterocycles. The van der Waals surface area contributed by atoms with E-state index in [1.54, 1.807) is 19.5 Å². The first-order valence-electron chi connectivity index (χ1n) is 14.0. The highest BCUT2D eigenvalue weighted by Crippen LogP contribution is 2.39. The van der Waals surface area contributed by atoms with Gasteiger partial charge in [0.25, 0.3) is 0 Å². The van der Waals surface area contributed by atoms with Crippen LogP contribution in [-0.2, 0) is 9.47 Å². The third-order valence-corrected chi connectivity index (χ3v) is 6.48. The van der Waals surface area contributed by atoms with Crippen LogP contribution in [0.5, 0.6) is 0 Å². The number of primary amides is 2. The second kappa shape index (κ2) is 17.0. The number of benzene rings is 5. The SMILES string of the molecule is COCCCNC(=O)NC(=O)NCCCOC.NC(=O)NC(N)=O.c1cc2cccc3c4cccc5cccc(c(c1)c23)c54. The number of hydrogen-bond donors (Lipinski definition) is 6. The standard InChI is InChI=1S/C20H12.C10H21N3O4.C2H5N3O2/c1-5-13-6-2-11-17-18-12-4-8-14-7-3-10-16(20(14)18)15(9-1)19(13)17;1-16-7-3-5-11-9(14)13-10(15)12-6-4-8-17-2;3-1(6)5-2(4)7/h1-12H;3-8H2,1-2H3,(H3,11,12,13,14,15);(H5,3,4,5,6,7). The van der Waals surface area contributed by atoms with Gasteiger partial charge in [-0.05, 0) is 55.9 Å². The molecule has 44 heavy (non-hydrogen) atoms. The monoisotopic (exact) mass is 602 g/mol. The molecule has 0 atom stereocenters. The summed E-state index contributed by atoms with van der Waals surface area (Å²) in [5.74, 6) is 0. The van der Waals surface area contributed by atoms with Gasteiger partial charge >= 0.3 is 24.1 Å². The summed E-state index contributed by atoms with van der Waals surface area (Å²) in [4.78, 5) is 41.6. The van der Waals surface area contributed by atoms with E-state index >= 15 is 0 Å². The number of amides is 8. The van der Waals surface area contributed by atoms with Gasteiger partial charge in [-0.15, -0.1) is 0 Å². The van der Waals surface area contributed by atoms with Crippen molar-refractivity contribution in [1.29, 1.82) is 0 Å². The molecule has 8 N–H and O–H groups in total. The average Bonchev–Trinajstić information content (AvgIpc) is 3.00. The molecule has 0 fully saturated rings. The molecular weight excluding hydrogens is 564 g/mol. The highest BCUT2D eigenvalue weighted by molar-refractivity contribution is 6.32. The molecule has 0 saturated carbocycles. The van der Waals surface area contributed by atoms with Crippen molar-refractivity contribution in [2.75, 3.05) is 40.5 Å². The summed E-state index contributed by atoms with van der Waals surface area (Å²) in [7, 11) is 3.18. The molecule has 0 aliphatic heterocycles. The zero-order chi connectivity index (χ0) is 31.9. The summed E-state index contributed by atoms with van der Waals surface area (Å²) in [6, 6.07) is 23.6. The van der Waals surface area contributed by atoms with Crippen LogP contribution in [0.1, 0.15) is 12.8 Å². The van der Waals surface area contributed by atoms with Gasteiger partial charge in [-0.25, -0.2) is 19.2 Å². The normalized spacial score (nSPS) is 10.4. The third kappa shape index (κ3) is 9.41. The molecule has 0 spiro atoms. The molecule has 5 aromatic rings. The van der Waals surface area contributed by atoms with Gasteiger partial charge in [0.1, 0.15) is 0 Å². The van der Waals surface area contributed by atoms with Crippen molar-refractivity contribution in [2.45, 2.75) is 12.8 Å². The van der Waals surface area contributed by atoms with Crippen molar-refractivity contribution in [3.05, 3.63) is 72.8 Å². The smallest absolute Gasteiger partial charge is 0.322 e. The topological polar surface area (TPSA) is 187 Å². The summed E-state index contributed by atoms with van der Waals surface area (Å²) in [6.45, 7) is 2.08.